The normalized spacial score (nSPS) is 38.9. The summed E-state index contributed by atoms with van der Waals surface area (Å²) in [4.78, 5) is 0. The Labute approximate surface area is 125 Å². The Morgan fingerprint density at radius 1 is 1.20 bits per heavy atom. The smallest absolute Gasteiger partial charge is 0.0779 e. The molecule has 2 rings (SSSR count). The number of hydrogen-bond acceptors (Lipinski definition) is 3. The highest BCUT2D eigenvalue weighted by atomic mass is 16.5. The minimum absolute atomic E-state index is 0.0390. The summed E-state index contributed by atoms with van der Waals surface area (Å²) in [6.45, 7) is 7.20. The lowest BCUT2D eigenvalue weighted by Crippen LogP contribution is -2.55. The monoisotopic (exact) mass is 282 g/mol. The maximum atomic E-state index is 6.15. The van der Waals surface area contributed by atoms with Crippen LogP contribution in [0.4, 0.5) is 0 Å². The third-order valence-electron chi connectivity index (χ3n) is 5.52. The summed E-state index contributed by atoms with van der Waals surface area (Å²) in [6, 6.07) is 0. The third-order valence-corrected chi connectivity index (χ3v) is 5.52. The molecule has 20 heavy (non-hydrogen) atoms. The molecule has 118 valence electrons. The number of nitrogens with one attached hydrogen (secondary N) is 1. The van der Waals surface area contributed by atoms with Gasteiger partial charge in [0.1, 0.15) is 0 Å². The molecule has 0 aromatic rings. The van der Waals surface area contributed by atoms with Gasteiger partial charge in [-0.1, -0.05) is 32.6 Å². The molecule has 3 heteroatoms. The van der Waals surface area contributed by atoms with Crippen molar-refractivity contribution in [3.63, 3.8) is 0 Å². The predicted molar refractivity (Wildman–Crippen MR) is 84.9 cm³/mol. The van der Waals surface area contributed by atoms with E-state index in [1.807, 2.05) is 0 Å². The lowest BCUT2D eigenvalue weighted by atomic mass is 9.88. The fraction of sp³-hybridized carbons (Fsp3) is 1.00. The van der Waals surface area contributed by atoms with Crippen LogP contribution >= 0.6 is 0 Å². The van der Waals surface area contributed by atoms with Crippen LogP contribution in [-0.2, 0) is 4.74 Å². The van der Waals surface area contributed by atoms with Gasteiger partial charge in [0.05, 0.1) is 5.60 Å². The molecule has 0 aromatic heterocycles. The number of hydrogen-bond donors (Lipinski definition) is 2. The van der Waals surface area contributed by atoms with E-state index in [0.717, 1.165) is 25.6 Å². The van der Waals surface area contributed by atoms with Crippen LogP contribution in [0.15, 0.2) is 0 Å². The Bertz CT molecular complexity index is 289. The highest BCUT2D eigenvalue weighted by Crippen LogP contribution is 2.33. The van der Waals surface area contributed by atoms with Gasteiger partial charge >= 0.3 is 0 Å². The van der Waals surface area contributed by atoms with Crippen molar-refractivity contribution in [2.75, 3.05) is 19.7 Å². The Morgan fingerprint density at radius 2 is 2.05 bits per heavy atom. The van der Waals surface area contributed by atoms with Crippen molar-refractivity contribution < 1.29 is 4.74 Å². The summed E-state index contributed by atoms with van der Waals surface area (Å²) in [5.41, 5.74) is 6.35. The number of ether oxygens (including phenoxy) is 1. The van der Waals surface area contributed by atoms with Gasteiger partial charge in [-0.25, -0.2) is 0 Å². The van der Waals surface area contributed by atoms with Gasteiger partial charge in [-0.15, -0.1) is 0 Å². The first-order chi connectivity index (χ1) is 9.61. The van der Waals surface area contributed by atoms with Crippen LogP contribution in [0.1, 0.15) is 71.6 Å². The van der Waals surface area contributed by atoms with E-state index in [0.29, 0.717) is 0 Å². The molecule has 0 spiro atoms. The van der Waals surface area contributed by atoms with Gasteiger partial charge in [0.15, 0.2) is 0 Å². The van der Waals surface area contributed by atoms with E-state index in [-0.39, 0.29) is 11.1 Å². The quantitative estimate of drug-likeness (QED) is 0.735. The van der Waals surface area contributed by atoms with Crippen LogP contribution in [0, 0.1) is 5.92 Å². The van der Waals surface area contributed by atoms with Crippen molar-refractivity contribution in [1.29, 1.82) is 0 Å². The first kappa shape index (κ1) is 16.3. The molecule has 0 amide bonds. The van der Waals surface area contributed by atoms with Gasteiger partial charge < -0.3 is 15.8 Å². The second kappa shape index (κ2) is 7.24. The zero-order chi connectivity index (χ0) is 14.5. The highest BCUT2D eigenvalue weighted by molar-refractivity contribution is 4.95. The van der Waals surface area contributed by atoms with Gasteiger partial charge in [-0.05, 0) is 44.9 Å². The summed E-state index contributed by atoms with van der Waals surface area (Å²) >= 11 is 0. The Balaban J connectivity index is 1.88. The van der Waals surface area contributed by atoms with Crippen molar-refractivity contribution in [1.82, 2.24) is 5.32 Å². The second-order valence-electron chi connectivity index (χ2n) is 7.33. The van der Waals surface area contributed by atoms with Gasteiger partial charge in [0.25, 0.3) is 0 Å². The fourth-order valence-corrected chi connectivity index (χ4v) is 3.98. The molecule has 1 aliphatic carbocycles. The molecule has 3 atom stereocenters. The molecule has 3 N–H and O–H groups in total. The molecular formula is C17H34N2O. The number of rotatable bonds is 6. The Morgan fingerprint density at radius 3 is 2.70 bits per heavy atom. The van der Waals surface area contributed by atoms with Crippen LogP contribution in [-0.4, -0.2) is 30.8 Å². The molecule has 0 radical (unpaired) electrons. The molecule has 0 aromatic carbocycles. The van der Waals surface area contributed by atoms with Gasteiger partial charge in [0, 0.05) is 25.2 Å². The summed E-state index contributed by atoms with van der Waals surface area (Å²) in [6.07, 6.45) is 11.6. The molecular weight excluding hydrogens is 248 g/mol. The summed E-state index contributed by atoms with van der Waals surface area (Å²) in [7, 11) is 0. The first-order valence-electron chi connectivity index (χ1n) is 8.70. The van der Waals surface area contributed by atoms with Crippen LogP contribution in [0.25, 0.3) is 0 Å². The van der Waals surface area contributed by atoms with Crippen molar-refractivity contribution in [2.45, 2.75) is 82.8 Å². The minimum atomic E-state index is 0.0390. The van der Waals surface area contributed by atoms with E-state index in [4.69, 9.17) is 10.5 Å². The van der Waals surface area contributed by atoms with Gasteiger partial charge in [0.2, 0.25) is 0 Å². The van der Waals surface area contributed by atoms with Crippen LogP contribution in [0.3, 0.4) is 0 Å². The summed E-state index contributed by atoms with van der Waals surface area (Å²) < 4.78 is 5.91. The maximum Gasteiger partial charge on any atom is 0.0779 e. The van der Waals surface area contributed by atoms with E-state index in [1.54, 1.807) is 0 Å². The minimum Gasteiger partial charge on any atom is -0.374 e. The molecule has 2 aliphatic rings. The zero-order valence-corrected chi connectivity index (χ0v) is 13.5. The standard InChI is InChI=1S/C17H34N2O/c1-3-6-15-7-4-10-17(13-18,11-8-15)19-14-16(2)9-5-12-20-16/h15,19H,3-14,18H2,1-2H3. The van der Waals surface area contributed by atoms with Crippen LogP contribution in [0.2, 0.25) is 0 Å². The van der Waals surface area contributed by atoms with Crippen LogP contribution < -0.4 is 11.1 Å². The molecule has 1 saturated heterocycles. The average molecular weight is 282 g/mol. The largest absolute Gasteiger partial charge is 0.374 e. The van der Waals surface area contributed by atoms with Gasteiger partial charge in [-0.3, -0.25) is 0 Å². The molecule has 0 bridgehead atoms. The van der Waals surface area contributed by atoms with E-state index in [1.165, 1.54) is 57.8 Å². The predicted octanol–water partition coefficient (Wildman–Crippen LogP) is 3.22. The highest BCUT2D eigenvalue weighted by Gasteiger charge is 2.36. The van der Waals surface area contributed by atoms with E-state index < -0.39 is 0 Å². The SMILES string of the molecule is CCCC1CCCC(CN)(NCC2(C)CCCO2)CC1. The van der Waals surface area contributed by atoms with Crippen molar-refractivity contribution >= 4 is 0 Å². The molecule has 3 nitrogen and oxygen atoms in total. The topological polar surface area (TPSA) is 47.3 Å². The van der Waals surface area contributed by atoms with Crippen molar-refractivity contribution in [3.05, 3.63) is 0 Å². The second-order valence-corrected chi connectivity index (χ2v) is 7.33. The first-order valence-corrected chi connectivity index (χ1v) is 8.70. The molecule has 1 saturated carbocycles. The lowest BCUT2D eigenvalue weighted by molar-refractivity contribution is 0.0133. The summed E-state index contributed by atoms with van der Waals surface area (Å²) in [5.74, 6) is 0.925. The van der Waals surface area contributed by atoms with E-state index >= 15 is 0 Å². The average Bonchev–Trinajstić information content (AvgIpc) is 2.78. The van der Waals surface area contributed by atoms with Crippen molar-refractivity contribution in [2.24, 2.45) is 11.7 Å². The van der Waals surface area contributed by atoms with E-state index in [2.05, 4.69) is 19.2 Å². The molecule has 1 heterocycles. The number of nitrogens with two attached hydrogens (primary N) is 1. The fourth-order valence-electron chi connectivity index (χ4n) is 3.98. The third kappa shape index (κ3) is 4.19. The molecule has 1 aliphatic heterocycles. The zero-order valence-electron chi connectivity index (χ0n) is 13.5. The molecule has 3 unspecified atom stereocenters. The Hall–Kier alpha value is -0.120. The van der Waals surface area contributed by atoms with Crippen molar-refractivity contribution in [3.8, 4) is 0 Å². The summed E-state index contributed by atoms with van der Waals surface area (Å²) in [5, 5.41) is 3.82. The lowest BCUT2D eigenvalue weighted by Gasteiger charge is -2.36. The van der Waals surface area contributed by atoms with Crippen LogP contribution in [0.5, 0.6) is 0 Å². The maximum absolute atomic E-state index is 6.15. The van der Waals surface area contributed by atoms with Gasteiger partial charge in [-0.2, -0.15) is 0 Å². The molecule has 2 fully saturated rings. The Kier molecular flexibility index (Phi) is 5.88. The van der Waals surface area contributed by atoms with E-state index in [9.17, 15) is 0 Å².